The first-order valence-electron chi connectivity index (χ1n) is 5.36. The van der Waals surface area contributed by atoms with E-state index in [4.69, 9.17) is 5.73 Å². The van der Waals surface area contributed by atoms with Gasteiger partial charge in [0, 0.05) is 12.1 Å². The molecule has 0 spiro atoms. The maximum absolute atomic E-state index is 11.6. The van der Waals surface area contributed by atoms with Crippen molar-refractivity contribution in [2.75, 3.05) is 0 Å². The number of carbonyl (C=O) groups excluding carboxylic acids is 1. The second-order valence-corrected chi connectivity index (χ2v) is 6.17. The molecule has 0 aliphatic heterocycles. The van der Waals surface area contributed by atoms with E-state index in [1.54, 1.807) is 24.3 Å². The van der Waals surface area contributed by atoms with Crippen molar-refractivity contribution in [3.63, 3.8) is 0 Å². The fourth-order valence-corrected chi connectivity index (χ4v) is 2.83. The molecule has 0 bridgehead atoms. The number of nitrogens with two attached hydrogens (primary N) is 1. The Morgan fingerprint density at radius 1 is 1.29 bits per heavy atom. The fraction of sp³-hybridized carbons (Fsp3) is 0.364. The minimum atomic E-state index is -3.15. The number of rotatable bonds is 5. The molecule has 1 aliphatic rings. The molecule has 5 nitrogen and oxygen atoms in total. The standard InChI is InChI=1S/C11H14N2O3S/c12-11(14)9-3-1-8(2-4-9)7-13-17(15,16)10-5-6-10/h1-4,10,13H,5-7H2,(H2,12,14). The van der Waals surface area contributed by atoms with Gasteiger partial charge >= 0.3 is 0 Å². The Morgan fingerprint density at radius 2 is 1.88 bits per heavy atom. The van der Waals surface area contributed by atoms with Crippen molar-refractivity contribution in [2.24, 2.45) is 5.73 Å². The third kappa shape index (κ3) is 3.04. The van der Waals surface area contributed by atoms with E-state index in [1.165, 1.54) is 0 Å². The van der Waals surface area contributed by atoms with Gasteiger partial charge in [0.05, 0.1) is 5.25 Å². The highest BCUT2D eigenvalue weighted by Crippen LogP contribution is 2.27. The van der Waals surface area contributed by atoms with Gasteiger partial charge in [-0.25, -0.2) is 13.1 Å². The van der Waals surface area contributed by atoms with E-state index in [0.717, 1.165) is 18.4 Å². The summed E-state index contributed by atoms with van der Waals surface area (Å²) in [4.78, 5) is 10.8. The van der Waals surface area contributed by atoms with Gasteiger partial charge in [0.1, 0.15) is 0 Å². The molecule has 0 atom stereocenters. The molecule has 1 aliphatic carbocycles. The summed E-state index contributed by atoms with van der Waals surface area (Å²) in [5, 5.41) is -0.215. The first kappa shape index (κ1) is 12.1. The van der Waals surface area contributed by atoms with Gasteiger partial charge in [0.25, 0.3) is 0 Å². The van der Waals surface area contributed by atoms with Gasteiger partial charge in [-0.1, -0.05) is 12.1 Å². The summed E-state index contributed by atoms with van der Waals surface area (Å²) >= 11 is 0. The van der Waals surface area contributed by atoms with E-state index >= 15 is 0 Å². The van der Waals surface area contributed by atoms with Crippen LogP contribution >= 0.6 is 0 Å². The summed E-state index contributed by atoms with van der Waals surface area (Å²) in [6.07, 6.45) is 1.49. The number of sulfonamides is 1. The van der Waals surface area contributed by atoms with Crippen LogP contribution in [0.15, 0.2) is 24.3 Å². The van der Waals surface area contributed by atoms with E-state index in [0.29, 0.717) is 5.56 Å². The molecule has 1 saturated carbocycles. The molecule has 1 aromatic carbocycles. The average molecular weight is 254 g/mol. The average Bonchev–Trinajstić information content (AvgIpc) is 3.11. The summed E-state index contributed by atoms with van der Waals surface area (Å²) in [6, 6.07) is 6.55. The summed E-state index contributed by atoms with van der Waals surface area (Å²) < 4.78 is 25.7. The van der Waals surface area contributed by atoms with Crippen molar-refractivity contribution in [3.05, 3.63) is 35.4 Å². The summed E-state index contributed by atoms with van der Waals surface area (Å²) in [5.41, 5.74) is 6.32. The quantitative estimate of drug-likeness (QED) is 0.795. The first-order chi connectivity index (χ1) is 7.99. The van der Waals surface area contributed by atoms with Crippen LogP contribution in [0.2, 0.25) is 0 Å². The maximum atomic E-state index is 11.6. The van der Waals surface area contributed by atoms with Gasteiger partial charge in [-0.05, 0) is 30.5 Å². The SMILES string of the molecule is NC(=O)c1ccc(CNS(=O)(=O)C2CC2)cc1. The predicted octanol–water partition coefficient (Wildman–Crippen LogP) is 0.367. The predicted molar refractivity (Wildman–Crippen MR) is 63.7 cm³/mol. The molecule has 3 N–H and O–H groups in total. The molecular weight excluding hydrogens is 240 g/mol. The van der Waals surface area contributed by atoms with Crippen LogP contribution in [0.1, 0.15) is 28.8 Å². The number of amides is 1. The largest absolute Gasteiger partial charge is 0.366 e. The topological polar surface area (TPSA) is 89.3 Å². The Bertz CT molecular complexity index is 518. The number of primary amides is 1. The van der Waals surface area contributed by atoms with Crippen LogP contribution in [0.4, 0.5) is 0 Å². The van der Waals surface area contributed by atoms with E-state index in [9.17, 15) is 13.2 Å². The Morgan fingerprint density at radius 3 is 2.35 bits per heavy atom. The highest BCUT2D eigenvalue weighted by molar-refractivity contribution is 7.90. The summed E-state index contributed by atoms with van der Waals surface area (Å²) in [6.45, 7) is 0.248. The lowest BCUT2D eigenvalue weighted by Crippen LogP contribution is -2.26. The molecule has 6 heteroatoms. The van der Waals surface area contributed by atoms with Crippen molar-refractivity contribution in [1.82, 2.24) is 4.72 Å². The zero-order valence-electron chi connectivity index (χ0n) is 9.22. The number of hydrogen-bond donors (Lipinski definition) is 2. The molecule has 0 saturated heterocycles. The van der Waals surface area contributed by atoms with Gasteiger partial charge in [0.15, 0.2) is 0 Å². The Kier molecular flexibility index (Phi) is 3.17. The van der Waals surface area contributed by atoms with Crippen molar-refractivity contribution >= 4 is 15.9 Å². The molecule has 92 valence electrons. The summed E-state index contributed by atoms with van der Waals surface area (Å²) in [5.74, 6) is -0.491. The second kappa shape index (κ2) is 4.46. The van der Waals surface area contributed by atoms with Crippen LogP contribution in [-0.4, -0.2) is 19.6 Å². The van der Waals surface area contributed by atoms with E-state index in [-0.39, 0.29) is 11.8 Å². The lowest BCUT2D eigenvalue weighted by atomic mass is 10.1. The van der Waals surface area contributed by atoms with E-state index in [1.807, 2.05) is 0 Å². The van der Waals surface area contributed by atoms with Gasteiger partial charge in [0.2, 0.25) is 15.9 Å². The van der Waals surface area contributed by atoms with Crippen molar-refractivity contribution in [2.45, 2.75) is 24.6 Å². The zero-order chi connectivity index (χ0) is 12.5. The fourth-order valence-electron chi connectivity index (χ4n) is 1.47. The minimum absolute atomic E-state index is 0.215. The van der Waals surface area contributed by atoms with Crippen molar-refractivity contribution in [1.29, 1.82) is 0 Å². The lowest BCUT2D eigenvalue weighted by molar-refractivity contribution is 0.100. The second-order valence-electron chi connectivity index (χ2n) is 4.13. The third-order valence-electron chi connectivity index (χ3n) is 2.68. The Hall–Kier alpha value is -1.40. The molecule has 1 aromatic rings. The minimum Gasteiger partial charge on any atom is -0.366 e. The highest BCUT2D eigenvalue weighted by Gasteiger charge is 2.35. The van der Waals surface area contributed by atoms with Crippen molar-refractivity contribution < 1.29 is 13.2 Å². The van der Waals surface area contributed by atoms with Gasteiger partial charge in [-0.3, -0.25) is 4.79 Å². The molecular formula is C11H14N2O3S. The van der Waals surface area contributed by atoms with Crippen molar-refractivity contribution in [3.8, 4) is 0 Å². The van der Waals surface area contributed by atoms with Gasteiger partial charge in [-0.2, -0.15) is 0 Å². The monoisotopic (exact) mass is 254 g/mol. The molecule has 1 fully saturated rings. The van der Waals surface area contributed by atoms with Crippen LogP contribution in [-0.2, 0) is 16.6 Å². The van der Waals surface area contributed by atoms with E-state index < -0.39 is 15.9 Å². The number of benzene rings is 1. The molecule has 17 heavy (non-hydrogen) atoms. The number of nitrogens with one attached hydrogen (secondary N) is 1. The molecule has 0 radical (unpaired) electrons. The molecule has 0 unspecified atom stereocenters. The molecule has 0 heterocycles. The first-order valence-corrected chi connectivity index (χ1v) is 6.91. The van der Waals surface area contributed by atoms with Crippen LogP contribution in [0.25, 0.3) is 0 Å². The number of hydrogen-bond acceptors (Lipinski definition) is 3. The maximum Gasteiger partial charge on any atom is 0.248 e. The van der Waals surface area contributed by atoms with E-state index in [2.05, 4.69) is 4.72 Å². The lowest BCUT2D eigenvalue weighted by Gasteiger charge is -2.05. The summed E-state index contributed by atoms with van der Waals surface area (Å²) in [7, 11) is -3.15. The molecule has 1 amide bonds. The Balaban J connectivity index is 1.97. The third-order valence-corrected chi connectivity index (χ3v) is 4.57. The van der Waals surface area contributed by atoms with Crippen LogP contribution in [0.3, 0.4) is 0 Å². The zero-order valence-corrected chi connectivity index (χ0v) is 10.0. The van der Waals surface area contributed by atoms with Crippen LogP contribution in [0, 0.1) is 0 Å². The highest BCUT2D eigenvalue weighted by atomic mass is 32.2. The van der Waals surface area contributed by atoms with Crippen LogP contribution in [0.5, 0.6) is 0 Å². The number of carbonyl (C=O) groups is 1. The molecule has 0 aromatic heterocycles. The molecule has 2 rings (SSSR count). The smallest absolute Gasteiger partial charge is 0.248 e. The van der Waals surface area contributed by atoms with Gasteiger partial charge in [-0.15, -0.1) is 0 Å². The van der Waals surface area contributed by atoms with Gasteiger partial charge < -0.3 is 5.73 Å². The normalized spacial score (nSPS) is 15.8. The van der Waals surface area contributed by atoms with Crippen LogP contribution < -0.4 is 10.5 Å². The Labute approximate surface area is 100 Å².